The number of rotatable bonds is 6. The fraction of sp³-hybridized carbons (Fsp3) is 0.636. The fourth-order valence-corrected chi connectivity index (χ4v) is 1.57. The first kappa shape index (κ1) is 11.0. The summed E-state index contributed by atoms with van der Waals surface area (Å²) in [6, 6.07) is 0. The van der Waals surface area contributed by atoms with Gasteiger partial charge in [0.25, 0.3) is 5.89 Å². The molecule has 0 N–H and O–H groups in total. The zero-order valence-corrected chi connectivity index (χ0v) is 8.82. The average Bonchev–Trinajstić information content (AvgIpc) is 2.69. The predicted octanol–water partition coefficient (Wildman–Crippen LogP) is 3.07. The van der Waals surface area contributed by atoms with Crippen LogP contribution in [0, 0.1) is 5.92 Å². The molecule has 0 aromatic carbocycles. The minimum atomic E-state index is 0.0234. The van der Waals surface area contributed by atoms with Crippen molar-refractivity contribution in [2.75, 3.05) is 0 Å². The highest BCUT2D eigenvalue weighted by Gasteiger charge is 2.16. The molecule has 0 aliphatic carbocycles. The number of carbonyl (C=O) groups excluding carboxylic acids is 1. The highest BCUT2D eigenvalue weighted by molar-refractivity contribution is 5.91. The lowest BCUT2D eigenvalue weighted by molar-refractivity contribution is 0.0923. The van der Waals surface area contributed by atoms with Gasteiger partial charge in [0.05, 0.1) is 6.20 Å². The quantitative estimate of drug-likeness (QED) is 0.655. The molecule has 0 saturated carbocycles. The molecule has 0 radical (unpaired) electrons. The van der Waals surface area contributed by atoms with Crippen LogP contribution in [0.4, 0.5) is 0 Å². The number of carbonyl (C=O) groups is 1. The molecule has 3 heteroatoms. The van der Waals surface area contributed by atoms with E-state index in [-0.39, 0.29) is 11.7 Å². The summed E-state index contributed by atoms with van der Waals surface area (Å²) in [5.41, 5.74) is 0. The normalized spacial score (nSPS) is 12.7. The summed E-state index contributed by atoms with van der Waals surface area (Å²) in [6.07, 6.45) is 6.77. The van der Waals surface area contributed by atoms with Gasteiger partial charge in [-0.1, -0.05) is 33.1 Å². The van der Waals surface area contributed by atoms with Gasteiger partial charge in [-0.05, 0) is 5.92 Å². The molecule has 0 saturated heterocycles. The minimum Gasteiger partial charge on any atom is -0.442 e. The highest BCUT2D eigenvalue weighted by Crippen LogP contribution is 2.17. The first-order valence-electron chi connectivity index (χ1n) is 5.20. The van der Waals surface area contributed by atoms with Gasteiger partial charge in [0.15, 0.2) is 0 Å². The zero-order chi connectivity index (χ0) is 10.4. The van der Waals surface area contributed by atoms with E-state index in [9.17, 15) is 4.79 Å². The van der Waals surface area contributed by atoms with Gasteiger partial charge in [0.1, 0.15) is 6.26 Å². The number of hydrogen-bond donors (Lipinski definition) is 0. The summed E-state index contributed by atoms with van der Waals surface area (Å²) < 4.78 is 4.96. The van der Waals surface area contributed by atoms with Crippen molar-refractivity contribution in [1.82, 2.24) is 4.98 Å². The van der Waals surface area contributed by atoms with E-state index < -0.39 is 0 Å². The van der Waals surface area contributed by atoms with Crippen LogP contribution in [0.2, 0.25) is 0 Å². The maximum absolute atomic E-state index is 11.6. The summed E-state index contributed by atoms with van der Waals surface area (Å²) in [5.74, 6) is 0.745. The molecule has 1 aromatic heterocycles. The molecule has 1 rings (SSSR count). The van der Waals surface area contributed by atoms with Crippen LogP contribution in [0.5, 0.6) is 0 Å². The van der Waals surface area contributed by atoms with E-state index in [2.05, 4.69) is 18.8 Å². The number of Topliss-reactive ketones (excluding diaryl/α,β-unsaturated/α-hetero) is 1. The van der Waals surface area contributed by atoms with E-state index in [0.29, 0.717) is 12.3 Å². The summed E-state index contributed by atoms with van der Waals surface area (Å²) in [5, 5.41) is 0. The van der Waals surface area contributed by atoms with Gasteiger partial charge in [-0.2, -0.15) is 0 Å². The van der Waals surface area contributed by atoms with Crippen molar-refractivity contribution in [3.8, 4) is 0 Å². The number of nitrogens with zero attached hydrogens (tertiary/aromatic N) is 1. The monoisotopic (exact) mass is 195 g/mol. The second-order valence-corrected chi connectivity index (χ2v) is 3.53. The maximum atomic E-state index is 11.6. The number of hydrogen-bond acceptors (Lipinski definition) is 3. The van der Waals surface area contributed by atoms with Crippen molar-refractivity contribution in [2.24, 2.45) is 5.92 Å². The topological polar surface area (TPSA) is 43.1 Å². The molecule has 0 fully saturated rings. The Morgan fingerprint density at radius 2 is 2.36 bits per heavy atom. The standard InChI is InChI=1S/C11H17NO2/c1-3-5-9(4-2)8-10(13)11-12-6-7-14-11/h6-7,9H,3-5,8H2,1-2H3. The lowest BCUT2D eigenvalue weighted by Crippen LogP contribution is -2.08. The van der Waals surface area contributed by atoms with Crippen LogP contribution in [0.15, 0.2) is 16.9 Å². The molecule has 0 amide bonds. The molecule has 0 bridgehead atoms. The van der Waals surface area contributed by atoms with E-state index in [4.69, 9.17) is 4.42 Å². The van der Waals surface area contributed by atoms with E-state index in [1.165, 1.54) is 12.5 Å². The summed E-state index contributed by atoms with van der Waals surface area (Å²) in [4.78, 5) is 15.4. The molecular weight excluding hydrogens is 178 g/mol. The molecule has 78 valence electrons. The Balaban J connectivity index is 2.47. The first-order valence-corrected chi connectivity index (χ1v) is 5.20. The third-order valence-corrected chi connectivity index (χ3v) is 2.42. The van der Waals surface area contributed by atoms with Gasteiger partial charge in [-0.25, -0.2) is 4.98 Å². The molecule has 1 atom stereocenters. The molecule has 0 spiro atoms. The van der Waals surface area contributed by atoms with Gasteiger partial charge < -0.3 is 4.42 Å². The van der Waals surface area contributed by atoms with Gasteiger partial charge in [0, 0.05) is 6.42 Å². The number of oxazole rings is 1. The van der Waals surface area contributed by atoms with Crippen LogP contribution >= 0.6 is 0 Å². The second-order valence-electron chi connectivity index (χ2n) is 3.53. The fourth-order valence-electron chi connectivity index (χ4n) is 1.57. The van der Waals surface area contributed by atoms with Crippen molar-refractivity contribution in [1.29, 1.82) is 0 Å². The van der Waals surface area contributed by atoms with Crippen molar-refractivity contribution in [3.05, 3.63) is 18.4 Å². The average molecular weight is 195 g/mol. The molecule has 1 unspecified atom stereocenters. The predicted molar refractivity (Wildman–Crippen MR) is 54.1 cm³/mol. The summed E-state index contributed by atoms with van der Waals surface area (Å²) in [7, 11) is 0. The summed E-state index contributed by atoms with van der Waals surface area (Å²) in [6.45, 7) is 4.25. The van der Waals surface area contributed by atoms with Crippen molar-refractivity contribution in [3.63, 3.8) is 0 Å². The lowest BCUT2D eigenvalue weighted by Gasteiger charge is -2.10. The first-order chi connectivity index (χ1) is 6.77. The van der Waals surface area contributed by atoms with Crippen LogP contribution in [-0.4, -0.2) is 10.8 Å². The highest BCUT2D eigenvalue weighted by atomic mass is 16.3. The van der Waals surface area contributed by atoms with E-state index in [1.807, 2.05) is 0 Å². The smallest absolute Gasteiger partial charge is 0.263 e. The Hall–Kier alpha value is -1.12. The number of ketones is 1. The van der Waals surface area contributed by atoms with Crippen molar-refractivity contribution in [2.45, 2.75) is 39.5 Å². The van der Waals surface area contributed by atoms with Gasteiger partial charge in [-0.3, -0.25) is 4.79 Å². The van der Waals surface area contributed by atoms with Crippen molar-refractivity contribution >= 4 is 5.78 Å². The molecule has 0 aliphatic rings. The van der Waals surface area contributed by atoms with Crippen LogP contribution in [0.1, 0.15) is 50.2 Å². The molecule has 14 heavy (non-hydrogen) atoms. The SMILES string of the molecule is CCCC(CC)CC(=O)c1ncco1. The Morgan fingerprint density at radius 3 is 2.86 bits per heavy atom. The maximum Gasteiger partial charge on any atom is 0.263 e. The van der Waals surface area contributed by atoms with E-state index in [1.54, 1.807) is 0 Å². The lowest BCUT2D eigenvalue weighted by atomic mass is 9.95. The van der Waals surface area contributed by atoms with Gasteiger partial charge in [0.2, 0.25) is 5.78 Å². The summed E-state index contributed by atoms with van der Waals surface area (Å²) >= 11 is 0. The Labute approximate surface area is 84.5 Å². The molecule has 3 nitrogen and oxygen atoms in total. The number of aromatic nitrogens is 1. The largest absolute Gasteiger partial charge is 0.442 e. The van der Waals surface area contributed by atoms with Crippen LogP contribution < -0.4 is 0 Å². The van der Waals surface area contributed by atoms with Crippen LogP contribution in [0.3, 0.4) is 0 Å². The third kappa shape index (κ3) is 2.98. The Kier molecular flexibility index (Phi) is 4.36. The van der Waals surface area contributed by atoms with E-state index >= 15 is 0 Å². The van der Waals surface area contributed by atoms with Gasteiger partial charge >= 0.3 is 0 Å². The molecular formula is C11H17NO2. The zero-order valence-electron chi connectivity index (χ0n) is 8.82. The second kappa shape index (κ2) is 5.58. The molecule has 1 heterocycles. The molecule has 0 aliphatic heterocycles. The van der Waals surface area contributed by atoms with Crippen LogP contribution in [0.25, 0.3) is 0 Å². The van der Waals surface area contributed by atoms with Gasteiger partial charge in [-0.15, -0.1) is 0 Å². The van der Waals surface area contributed by atoms with Crippen LogP contribution in [-0.2, 0) is 0 Å². The molecule has 1 aromatic rings. The van der Waals surface area contributed by atoms with Crippen molar-refractivity contribution < 1.29 is 9.21 Å². The minimum absolute atomic E-state index is 0.0234. The Bertz CT molecular complexity index is 267. The Morgan fingerprint density at radius 1 is 1.57 bits per heavy atom. The van der Waals surface area contributed by atoms with E-state index in [0.717, 1.165) is 19.3 Å². The third-order valence-electron chi connectivity index (χ3n) is 2.42.